The molecule has 9 heteroatoms. The average molecular weight is 326 g/mol. The highest BCUT2D eigenvalue weighted by atomic mass is 32.2. The smallest absolute Gasteiger partial charge is 0.426 e. The van der Waals surface area contributed by atoms with Crippen LogP contribution >= 0.6 is 0 Å². The average Bonchev–Trinajstić information content (AvgIpc) is 2.34. The first-order valence-corrected chi connectivity index (χ1v) is 7.44. The van der Waals surface area contributed by atoms with Crippen LogP contribution in [-0.2, 0) is 26.1 Å². The SMILES string of the molecule is O=C(CCc1ccccc1)OC(CS(=O)(=O)O)C(F)(F)F. The maximum atomic E-state index is 12.5. The molecule has 0 saturated carbocycles. The summed E-state index contributed by atoms with van der Waals surface area (Å²) < 4.78 is 71.2. The van der Waals surface area contributed by atoms with Crippen LogP contribution in [0.5, 0.6) is 0 Å². The summed E-state index contributed by atoms with van der Waals surface area (Å²) in [6, 6.07) is 8.53. The number of carbonyl (C=O) groups excluding carboxylic acids is 1. The molecule has 0 aliphatic heterocycles. The molecular weight excluding hydrogens is 313 g/mol. The quantitative estimate of drug-likeness (QED) is 0.639. The third-order valence-corrected chi connectivity index (χ3v) is 3.19. The van der Waals surface area contributed by atoms with Gasteiger partial charge in [-0.2, -0.15) is 21.6 Å². The first-order chi connectivity index (χ1) is 9.58. The molecule has 1 N–H and O–H groups in total. The summed E-state index contributed by atoms with van der Waals surface area (Å²) in [7, 11) is -4.92. The molecule has 0 aliphatic rings. The molecule has 1 aromatic rings. The van der Waals surface area contributed by atoms with E-state index in [4.69, 9.17) is 4.55 Å². The van der Waals surface area contributed by atoms with Gasteiger partial charge in [0.15, 0.2) is 0 Å². The van der Waals surface area contributed by atoms with Gasteiger partial charge in [-0.25, -0.2) is 0 Å². The van der Waals surface area contributed by atoms with Crippen LogP contribution in [0.25, 0.3) is 0 Å². The predicted octanol–water partition coefficient (Wildman–Crippen LogP) is 1.98. The monoisotopic (exact) mass is 326 g/mol. The summed E-state index contributed by atoms with van der Waals surface area (Å²) in [5.74, 6) is -2.90. The van der Waals surface area contributed by atoms with Gasteiger partial charge in [-0.15, -0.1) is 0 Å². The highest BCUT2D eigenvalue weighted by Gasteiger charge is 2.45. The zero-order valence-corrected chi connectivity index (χ0v) is 11.5. The van der Waals surface area contributed by atoms with Gasteiger partial charge in [0.1, 0.15) is 5.75 Å². The lowest BCUT2D eigenvalue weighted by Gasteiger charge is -2.19. The van der Waals surface area contributed by atoms with E-state index in [1.807, 2.05) is 0 Å². The highest BCUT2D eigenvalue weighted by Crippen LogP contribution is 2.24. The number of aryl methyl sites for hydroxylation is 1. The minimum absolute atomic E-state index is 0.163. The summed E-state index contributed by atoms with van der Waals surface area (Å²) in [6.07, 6.45) is -8.12. The number of ether oxygens (including phenoxy) is 1. The number of hydrogen-bond donors (Lipinski definition) is 1. The molecule has 21 heavy (non-hydrogen) atoms. The van der Waals surface area contributed by atoms with E-state index in [-0.39, 0.29) is 12.8 Å². The third-order valence-electron chi connectivity index (χ3n) is 2.46. The molecule has 0 saturated heterocycles. The van der Waals surface area contributed by atoms with Crippen LogP contribution in [0.3, 0.4) is 0 Å². The van der Waals surface area contributed by atoms with Gasteiger partial charge >= 0.3 is 12.1 Å². The summed E-state index contributed by atoms with van der Waals surface area (Å²) in [6.45, 7) is 0. The van der Waals surface area contributed by atoms with Gasteiger partial charge in [0.25, 0.3) is 10.1 Å². The van der Waals surface area contributed by atoms with Crippen molar-refractivity contribution in [3.63, 3.8) is 0 Å². The lowest BCUT2D eigenvalue weighted by Crippen LogP contribution is -2.39. The van der Waals surface area contributed by atoms with Gasteiger partial charge in [-0.3, -0.25) is 9.35 Å². The van der Waals surface area contributed by atoms with Crippen LogP contribution in [0.4, 0.5) is 13.2 Å². The molecule has 0 fully saturated rings. The molecule has 0 spiro atoms. The van der Waals surface area contributed by atoms with Crippen LogP contribution < -0.4 is 0 Å². The van der Waals surface area contributed by atoms with E-state index in [1.165, 1.54) is 0 Å². The molecule has 1 unspecified atom stereocenters. The maximum absolute atomic E-state index is 12.5. The molecule has 1 aromatic carbocycles. The largest absolute Gasteiger partial charge is 0.451 e. The number of hydrogen-bond acceptors (Lipinski definition) is 4. The Kier molecular flexibility index (Phi) is 5.73. The Hall–Kier alpha value is -1.61. The Morgan fingerprint density at radius 1 is 1.24 bits per heavy atom. The molecule has 0 radical (unpaired) electrons. The van der Waals surface area contributed by atoms with Crippen LogP contribution in [-0.4, -0.2) is 37.0 Å². The van der Waals surface area contributed by atoms with E-state index in [0.29, 0.717) is 0 Å². The standard InChI is InChI=1S/C12H13F3O5S/c13-12(14,15)10(8-21(17,18)19)20-11(16)7-6-9-4-2-1-3-5-9/h1-5,10H,6-8H2,(H,17,18,19). The highest BCUT2D eigenvalue weighted by molar-refractivity contribution is 7.85. The number of halogens is 3. The van der Waals surface area contributed by atoms with E-state index in [2.05, 4.69) is 4.74 Å². The summed E-state index contributed by atoms with van der Waals surface area (Å²) in [5.41, 5.74) is 0.729. The van der Waals surface area contributed by atoms with E-state index >= 15 is 0 Å². The Bertz CT molecular complexity index is 568. The third kappa shape index (κ3) is 7.09. The maximum Gasteiger partial charge on any atom is 0.426 e. The number of carbonyl (C=O) groups is 1. The zero-order valence-electron chi connectivity index (χ0n) is 10.7. The summed E-state index contributed by atoms with van der Waals surface area (Å²) in [4.78, 5) is 11.4. The number of rotatable bonds is 6. The lowest BCUT2D eigenvalue weighted by molar-refractivity contribution is -0.215. The fraction of sp³-hybridized carbons (Fsp3) is 0.417. The van der Waals surface area contributed by atoms with Gasteiger partial charge in [0.05, 0.1) is 0 Å². The fourth-order valence-corrected chi connectivity index (χ4v) is 2.13. The van der Waals surface area contributed by atoms with Gasteiger partial charge in [0, 0.05) is 6.42 Å². The zero-order chi connectivity index (χ0) is 16.1. The second kappa shape index (κ2) is 6.90. The molecule has 1 atom stereocenters. The van der Waals surface area contributed by atoms with Crippen LogP contribution in [0.1, 0.15) is 12.0 Å². The summed E-state index contributed by atoms with van der Waals surface area (Å²) >= 11 is 0. The molecule has 0 aromatic heterocycles. The summed E-state index contributed by atoms with van der Waals surface area (Å²) in [5, 5.41) is 0. The van der Waals surface area contributed by atoms with Gasteiger partial charge in [-0.1, -0.05) is 30.3 Å². The van der Waals surface area contributed by atoms with Crippen molar-refractivity contribution in [3.8, 4) is 0 Å². The van der Waals surface area contributed by atoms with Crippen LogP contribution in [0, 0.1) is 0 Å². The predicted molar refractivity (Wildman–Crippen MR) is 67.1 cm³/mol. The molecule has 1 rings (SSSR count). The molecule has 0 heterocycles. The van der Waals surface area contributed by atoms with Crippen molar-refractivity contribution >= 4 is 16.1 Å². The van der Waals surface area contributed by atoms with Crippen molar-refractivity contribution in [2.75, 3.05) is 5.75 Å². The molecule has 118 valence electrons. The number of benzene rings is 1. The van der Waals surface area contributed by atoms with Crippen LogP contribution in [0.15, 0.2) is 30.3 Å². The van der Waals surface area contributed by atoms with E-state index in [1.54, 1.807) is 30.3 Å². The van der Waals surface area contributed by atoms with Crippen molar-refractivity contribution in [2.45, 2.75) is 25.1 Å². The van der Waals surface area contributed by atoms with Crippen molar-refractivity contribution in [3.05, 3.63) is 35.9 Å². The number of alkyl halides is 3. The molecule has 0 aliphatic carbocycles. The van der Waals surface area contributed by atoms with E-state index < -0.39 is 34.1 Å². The molecule has 0 bridgehead atoms. The second-order valence-electron chi connectivity index (χ2n) is 4.25. The van der Waals surface area contributed by atoms with Crippen molar-refractivity contribution in [1.29, 1.82) is 0 Å². The minimum Gasteiger partial charge on any atom is -0.451 e. The lowest BCUT2D eigenvalue weighted by atomic mass is 10.1. The number of esters is 1. The normalized spacial score (nSPS) is 13.7. The second-order valence-corrected chi connectivity index (χ2v) is 5.75. The van der Waals surface area contributed by atoms with E-state index in [9.17, 15) is 26.4 Å². The Morgan fingerprint density at radius 2 is 1.81 bits per heavy atom. The topological polar surface area (TPSA) is 80.7 Å². The Balaban J connectivity index is 2.60. The molecule has 5 nitrogen and oxygen atoms in total. The molecular formula is C12H13F3O5S. The van der Waals surface area contributed by atoms with E-state index in [0.717, 1.165) is 5.56 Å². The van der Waals surface area contributed by atoms with Crippen molar-refractivity contribution in [1.82, 2.24) is 0 Å². The Labute approximate surface area is 119 Å². The fourth-order valence-electron chi connectivity index (χ4n) is 1.50. The van der Waals surface area contributed by atoms with Crippen molar-refractivity contribution in [2.24, 2.45) is 0 Å². The Morgan fingerprint density at radius 3 is 2.29 bits per heavy atom. The van der Waals surface area contributed by atoms with Gasteiger partial charge in [0.2, 0.25) is 6.10 Å². The van der Waals surface area contributed by atoms with Gasteiger partial charge in [-0.05, 0) is 12.0 Å². The van der Waals surface area contributed by atoms with Crippen molar-refractivity contribution < 1.29 is 35.7 Å². The first kappa shape index (κ1) is 17.4. The minimum atomic E-state index is -5.07. The van der Waals surface area contributed by atoms with Gasteiger partial charge < -0.3 is 4.74 Å². The molecule has 0 amide bonds. The first-order valence-electron chi connectivity index (χ1n) is 5.83. The van der Waals surface area contributed by atoms with Crippen LogP contribution in [0.2, 0.25) is 0 Å².